The summed E-state index contributed by atoms with van der Waals surface area (Å²) in [4.78, 5) is 0. The van der Waals surface area contributed by atoms with Crippen molar-refractivity contribution in [1.29, 1.82) is 0 Å². The molecular formula is C11H25NSi. The maximum atomic E-state index is 2.69. The maximum Gasteiger partial charge on any atom is 0.119 e. The summed E-state index contributed by atoms with van der Waals surface area (Å²) < 4.78 is 2.69. The molecule has 0 aliphatic heterocycles. The van der Waals surface area contributed by atoms with Crippen LogP contribution in [-0.2, 0) is 0 Å². The standard InChI is InChI=1S/C11H25NSi/c1-4-7-9-12(10-8-5-2)13-11-6-3/h6,11H,4-5,7-10,13H2,1-3H3. The highest BCUT2D eigenvalue weighted by molar-refractivity contribution is 6.38. The third-order valence-corrected chi connectivity index (χ3v) is 4.09. The molecule has 0 aromatic heterocycles. The Bertz CT molecular complexity index is 115. The Morgan fingerprint density at radius 1 is 1.08 bits per heavy atom. The van der Waals surface area contributed by atoms with E-state index in [0.29, 0.717) is 0 Å². The van der Waals surface area contributed by atoms with Crippen molar-refractivity contribution < 1.29 is 0 Å². The Hall–Kier alpha value is -0.0831. The normalized spacial score (nSPS) is 12.6. The first-order chi connectivity index (χ1) is 6.35. The molecule has 0 bridgehead atoms. The van der Waals surface area contributed by atoms with Crippen molar-refractivity contribution in [2.75, 3.05) is 13.1 Å². The molecule has 0 aromatic carbocycles. The Morgan fingerprint density at radius 3 is 2.00 bits per heavy atom. The molecule has 0 spiro atoms. The molecule has 78 valence electrons. The predicted molar refractivity (Wildman–Crippen MR) is 64.7 cm³/mol. The Kier molecular flexibility index (Phi) is 9.94. The van der Waals surface area contributed by atoms with Gasteiger partial charge in [-0.2, -0.15) is 0 Å². The highest BCUT2D eigenvalue weighted by Crippen LogP contribution is 1.97. The molecule has 0 aliphatic carbocycles. The van der Waals surface area contributed by atoms with Crippen LogP contribution in [0.5, 0.6) is 0 Å². The molecule has 0 atom stereocenters. The van der Waals surface area contributed by atoms with E-state index in [9.17, 15) is 0 Å². The highest BCUT2D eigenvalue weighted by atomic mass is 28.2. The summed E-state index contributed by atoms with van der Waals surface area (Å²) in [6.07, 6.45) is 7.60. The van der Waals surface area contributed by atoms with Gasteiger partial charge >= 0.3 is 0 Å². The van der Waals surface area contributed by atoms with Crippen molar-refractivity contribution in [1.82, 2.24) is 4.57 Å². The molecule has 0 fully saturated rings. The van der Waals surface area contributed by atoms with Crippen LogP contribution >= 0.6 is 0 Å². The smallest absolute Gasteiger partial charge is 0.119 e. The topological polar surface area (TPSA) is 3.24 Å². The summed E-state index contributed by atoms with van der Waals surface area (Å²) in [6.45, 7) is 9.33. The first-order valence-corrected chi connectivity index (χ1v) is 7.13. The molecular weight excluding hydrogens is 174 g/mol. The molecule has 0 rings (SSSR count). The average molecular weight is 199 g/mol. The van der Waals surface area contributed by atoms with Gasteiger partial charge in [0.05, 0.1) is 0 Å². The van der Waals surface area contributed by atoms with Gasteiger partial charge in [0.25, 0.3) is 0 Å². The molecule has 2 heteroatoms. The summed E-state index contributed by atoms with van der Waals surface area (Å²) in [7, 11) is -0.0626. The van der Waals surface area contributed by atoms with E-state index in [1.165, 1.54) is 38.8 Å². The van der Waals surface area contributed by atoms with Crippen LogP contribution in [0.15, 0.2) is 11.8 Å². The van der Waals surface area contributed by atoms with Gasteiger partial charge in [0.2, 0.25) is 0 Å². The van der Waals surface area contributed by atoms with E-state index < -0.39 is 0 Å². The third kappa shape index (κ3) is 8.25. The van der Waals surface area contributed by atoms with E-state index in [2.05, 4.69) is 37.1 Å². The van der Waals surface area contributed by atoms with Gasteiger partial charge in [0.1, 0.15) is 9.68 Å². The van der Waals surface area contributed by atoms with Crippen LogP contribution < -0.4 is 0 Å². The van der Waals surface area contributed by atoms with E-state index in [4.69, 9.17) is 0 Å². The van der Waals surface area contributed by atoms with Crippen LogP contribution in [0.25, 0.3) is 0 Å². The molecule has 1 nitrogen and oxygen atoms in total. The summed E-state index contributed by atoms with van der Waals surface area (Å²) in [5, 5.41) is 0. The van der Waals surface area contributed by atoms with Gasteiger partial charge in [-0.1, -0.05) is 38.5 Å². The summed E-state index contributed by atoms with van der Waals surface area (Å²) >= 11 is 0. The molecule has 0 saturated heterocycles. The van der Waals surface area contributed by atoms with Gasteiger partial charge in [-0.3, -0.25) is 0 Å². The number of hydrogen-bond donors (Lipinski definition) is 0. The van der Waals surface area contributed by atoms with Gasteiger partial charge in [-0.25, -0.2) is 0 Å². The molecule has 0 radical (unpaired) electrons. The van der Waals surface area contributed by atoms with Gasteiger partial charge in [-0.15, -0.1) is 0 Å². The number of allylic oxidation sites excluding steroid dienone is 1. The molecule has 0 aliphatic rings. The molecule has 0 N–H and O–H groups in total. The van der Waals surface area contributed by atoms with Gasteiger partial charge in [0.15, 0.2) is 0 Å². The quantitative estimate of drug-likeness (QED) is 0.543. The number of unbranched alkanes of at least 4 members (excludes halogenated alkanes) is 2. The van der Waals surface area contributed by atoms with Crippen LogP contribution in [0.3, 0.4) is 0 Å². The lowest BCUT2D eigenvalue weighted by Crippen LogP contribution is -2.28. The van der Waals surface area contributed by atoms with E-state index in [0.717, 1.165) is 0 Å². The Morgan fingerprint density at radius 2 is 1.62 bits per heavy atom. The lowest BCUT2D eigenvalue weighted by molar-refractivity contribution is 0.423. The van der Waals surface area contributed by atoms with Crippen LogP contribution in [0.2, 0.25) is 0 Å². The molecule has 0 amide bonds. The second-order valence-corrected chi connectivity index (χ2v) is 5.31. The van der Waals surface area contributed by atoms with Gasteiger partial charge < -0.3 is 4.57 Å². The number of hydrogen-bond acceptors (Lipinski definition) is 1. The van der Waals surface area contributed by atoms with Crippen molar-refractivity contribution in [2.45, 2.75) is 46.5 Å². The fraction of sp³-hybridized carbons (Fsp3) is 0.818. The van der Waals surface area contributed by atoms with Crippen molar-refractivity contribution in [2.24, 2.45) is 0 Å². The molecule has 0 saturated carbocycles. The predicted octanol–water partition coefficient (Wildman–Crippen LogP) is 2.51. The summed E-state index contributed by atoms with van der Waals surface area (Å²) in [5.74, 6) is 0. The molecule has 0 heterocycles. The van der Waals surface area contributed by atoms with Crippen molar-refractivity contribution in [3.8, 4) is 0 Å². The number of nitrogens with zero attached hydrogens (tertiary/aromatic N) is 1. The fourth-order valence-corrected chi connectivity index (χ4v) is 2.63. The Balaban J connectivity index is 3.59. The molecule has 0 aromatic rings. The van der Waals surface area contributed by atoms with Crippen LogP contribution in [0.4, 0.5) is 0 Å². The highest BCUT2D eigenvalue weighted by Gasteiger charge is 2.00. The lowest BCUT2D eigenvalue weighted by Gasteiger charge is -2.19. The Labute approximate surface area is 86.1 Å². The van der Waals surface area contributed by atoms with Gasteiger partial charge in [-0.05, 0) is 32.9 Å². The van der Waals surface area contributed by atoms with E-state index in [1.807, 2.05) is 0 Å². The average Bonchev–Trinajstić information content (AvgIpc) is 2.17. The number of rotatable bonds is 8. The monoisotopic (exact) mass is 199 g/mol. The molecule has 0 unspecified atom stereocenters. The summed E-state index contributed by atoms with van der Waals surface area (Å²) in [6, 6.07) is 0. The van der Waals surface area contributed by atoms with Gasteiger partial charge in [0, 0.05) is 0 Å². The van der Waals surface area contributed by atoms with E-state index in [1.54, 1.807) is 0 Å². The van der Waals surface area contributed by atoms with Crippen molar-refractivity contribution in [3.63, 3.8) is 0 Å². The van der Waals surface area contributed by atoms with E-state index in [-0.39, 0.29) is 9.68 Å². The minimum Gasteiger partial charge on any atom is -0.325 e. The summed E-state index contributed by atoms with van der Waals surface area (Å²) in [5.41, 5.74) is 2.39. The first-order valence-electron chi connectivity index (χ1n) is 5.68. The lowest BCUT2D eigenvalue weighted by atomic mass is 10.3. The van der Waals surface area contributed by atoms with Crippen LogP contribution in [0, 0.1) is 0 Å². The first kappa shape index (κ1) is 12.9. The zero-order valence-electron chi connectivity index (χ0n) is 9.55. The molecule has 13 heavy (non-hydrogen) atoms. The van der Waals surface area contributed by atoms with E-state index >= 15 is 0 Å². The zero-order valence-corrected chi connectivity index (χ0v) is 11.0. The van der Waals surface area contributed by atoms with Crippen molar-refractivity contribution >= 4 is 9.68 Å². The SMILES string of the molecule is CC=C[SiH2]N(CCCC)CCCC. The minimum atomic E-state index is -0.0626. The minimum absolute atomic E-state index is 0.0626. The second-order valence-electron chi connectivity index (χ2n) is 3.58. The largest absolute Gasteiger partial charge is 0.325 e. The fourth-order valence-electron chi connectivity index (χ4n) is 1.31. The van der Waals surface area contributed by atoms with Crippen molar-refractivity contribution in [3.05, 3.63) is 11.8 Å². The zero-order chi connectivity index (χ0) is 9.94. The second kappa shape index (κ2) is 10.0. The maximum absolute atomic E-state index is 2.69. The van der Waals surface area contributed by atoms with Crippen LogP contribution in [-0.4, -0.2) is 27.3 Å². The van der Waals surface area contributed by atoms with Crippen LogP contribution in [0.1, 0.15) is 46.5 Å². The third-order valence-electron chi connectivity index (χ3n) is 2.26.